The molecule has 0 amide bonds. The van der Waals surface area contributed by atoms with Crippen LogP contribution < -0.4 is 15.2 Å². The number of sulfone groups is 1. The zero-order chi connectivity index (χ0) is 18.5. The van der Waals surface area contributed by atoms with Crippen molar-refractivity contribution in [1.82, 2.24) is 0 Å². The molecule has 1 saturated carbocycles. The molecular weight excluding hydrogens is 378 g/mol. The Morgan fingerprint density at radius 2 is 1.85 bits per heavy atom. The van der Waals surface area contributed by atoms with E-state index >= 15 is 0 Å². The van der Waals surface area contributed by atoms with E-state index in [0.29, 0.717) is 16.5 Å². The maximum atomic E-state index is 13.2. The average molecular weight is 396 g/mol. The van der Waals surface area contributed by atoms with Crippen LogP contribution in [0.5, 0.6) is 11.5 Å². The predicted molar refractivity (Wildman–Crippen MR) is 96.3 cm³/mol. The third kappa shape index (κ3) is 2.50. The second-order valence-corrected chi connectivity index (χ2v) is 9.11. The summed E-state index contributed by atoms with van der Waals surface area (Å²) in [6, 6.07) is 11.3. The summed E-state index contributed by atoms with van der Waals surface area (Å²) in [6.07, 6.45) is 0. The molecule has 0 unspecified atom stereocenters. The van der Waals surface area contributed by atoms with Crippen molar-refractivity contribution in [2.45, 2.75) is 16.1 Å². The van der Waals surface area contributed by atoms with Gasteiger partial charge >= 0.3 is 0 Å². The van der Waals surface area contributed by atoms with E-state index in [4.69, 9.17) is 26.8 Å². The lowest BCUT2D eigenvalue weighted by Gasteiger charge is -2.12. The zero-order valence-corrected chi connectivity index (χ0v) is 15.3. The van der Waals surface area contributed by atoms with Gasteiger partial charge in [0.1, 0.15) is 0 Å². The average Bonchev–Trinajstić information content (AvgIpc) is 3.12. The van der Waals surface area contributed by atoms with Crippen LogP contribution in [-0.2, 0) is 9.84 Å². The van der Waals surface area contributed by atoms with Crippen LogP contribution >= 0.6 is 11.6 Å². The van der Waals surface area contributed by atoms with Gasteiger partial charge < -0.3 is 20.3 Å². The number of aliphatic hydroxyl groups excluding tert-OH is 1. The minimum atomic E-state index is -3.70. The maximum absolute atomic E-state index is 13.2. The number of benzene rings is 2. The smallest absolute Gasteiger partial charge is 0.231 e. The fraction of sp³-hybridized carbons (Fsp3) is 0.333. The molecule has 4 rings (SSSR count). The molecule has 2 aromatic carbocycles. The number of nitrogens with two attached hydrogens (primary N) is 1. The fourth-order valence-electron chi connectivity index (χ4n) is 3.82. The number of halogens is 1. The first-order valence-electron chi connectivity index (χ1n) is 8.14. The molecule has 0 radical (unpaired) electrons. The highest BCUT2D eigenvalue weighted by Crippen LogP contribution is 2.63. The Kier molecular flexibility index (Phi) is 4.15. The highest BCUT2D eigenvalue weighted by molar-refractivity contribution is 7.92. The summed E-state index contributed by atoms with van der Waals surface area (Å²) in [5.74, 6) is 0.766. The summed E-state index contributed by atoms with van der Waals surface area (Å²) in [5, 5.41) is 9.63. The second-order valence-electron chi connectivity index (χ2n) is 6.61. The number of hydrogen-bond donors (Lipinski definition) is 2. The first-order valence-corrected chi connectivity index (χ1v) is 10.1. The van der Waals surface area contributed by atoms with Crippen LogP contribution in [0.2, 0.25) is 5.02 Å². The molecule has 3 N–H and O–H groups in total. The first kappa shape index (κ1) is 17.6. The molecule has 1 fully saturated rings. The highest BCUT2D eigenvalue weighted by atomic mass is 35.5. The Bertz CT molecular complexity index is 941. The van der Waals surface area contributed by atoms with Crippen molar-refractivity contribution < 1.29 is 23.0 Å². The molecule has 1 aliphatic carbocycles. The maximum Gasteiger partial charge on any atom is 0.231 e. The molecule has 1 aliphatic heterocycles. The van der Waals surface area contributed by atoms with Crippen molar-refractivity contribution in [2.75, 3.05) is 19.9 Å². The van der Waals surface area contributed by atoms with Gasteiger partial charge in [-0.15, -0.1) is 0 Å². The van der Waals surface area contributed by atoms with Crippen LogP contribution in [0.15, 0.2) is 47.4 Å². The quantitative estimate of drug-likeness (QED) is 0.802. The standard InChI is InChI=1S/C18H18ClNO5S/c19-12-2-4-13(5-3-12)26(22,23)17-16(18(17,8-20)9-21)11-1-6-14-15(7-11)25-10-24-14/h1-7,16-17,21H,8-10,20H2/t16-,17-,18+/m0/s1. The van der Waals surface area contributed by atoms with Gasteiger partial charge in [-0.1, -0.05) is 17.7 Å². The van der Waals surface area contributed by atoms with Crippen LogP contribution in [-0.4, -0.2) is 38.7 Å². The van der Waals surface area contributed by atoms with Crippen LogP contribution in [0.1, 0.15) is 11.5 Å². The highest BCUT2D eigenvalue weighted by Gasteiger charge is 2.70. The zero-order valence-electron chi connectivity index (χ0n) is 13.8. The Morgan fingerprint density at radius 1 is 1.15 bits per heavy atom. The molecule has 0 aromatic heterocycles. The van der Waals surface area contributed by atoms with Gasteiger partial charge in [0.25, 0.3) is 0 Å². The fourth-order valence-corrected chi connectivity index (χ4v) is 6.40. The van der Waals surface area contributed by atoms with E-state index in [0.717, 1.165) is 5.56 Å². The summed E-state index contributed by atoms with van der Waals surface area (Å²) in [7, 11) is -3.70. The minimum Gasteiger partial charge on any atom is -0.454 e. The molecule has 138 valence electrons. The van der Waals surface area contributed by atoms with Crippen LogP contribution in [0.3, 0.4) is 0 Å². The van der Waals surface area contributed by atoms with E-state index in [-0.39, 0.29) is 24.8 Å². The Labute approximate surface area is 156 Å². The van der Waals surface area contributed by atoms with Gasteiger partial charge in [0.2, 0.25) is 6.79 Å². The molecule has 0 bridgehead atoms. The molecular formula is C18H18ClNO5S. The summed E-state index contributed by atoms with van der Waals surface area (Å²) in [4.78, 5) is 0.168. The summed E-state index contributed by atoms with van der Waals surface area (Å²) in [5.41, 5.74) is 5.74. The van der Waals surface area contributed by atoms with Gasteiger partial charge in [0.15, 0.2) is 21.3 Å². The van der Waals surface area contributed by atoms with Crippen molar-refractivity contribution in [3.63, 3.8) is 0 Å². The van der Waals surface area contributed by atoms with Gasteiger partial charge in [-0.05, 0) is 42.0 Å². The molecule has 0 saturated heterocycles. The van der Waals surface area contributed by atoms with Gasteiger partial charge in [-0.3, -0.25) is 0 Å². The van der Waals surface area contributed by atoms with Crippen LogP contribution in [0, 0.1) is 5.41 Å². The topological polar surface area (TPSA) is 98.8 Å². The van der Waals surface area contributed by atoms with Gasteiger partial charge in [-0.25, -0.2) is 8.42 Å². The first-order chi connectivity index (χ1) is 12.4. The molecule has 0 spiro atoms. The molecule has 3 atom stereocenters. The summed E-state index contributed by atoms with van der Waals surface area (Å²) in [6.45, 7) is -0.127. The number of fused-ring (bicyclic) bond motifs is 1. The van der Waals surface area contributed by atoms with Crippen LogP contribution in [0.4, 0.5) is 0 Å². The Morgan fingerprint density at radius 3 is 2.50 bits per heavy atom. The van der Waals surface area contributed by atoms with Crippen LogP contribution in [0.25, 0.3) is 0 Å². The number of aliphatic hydroxyl groups is 1. The van der Waals surface area contributed by atoms with E-state index in [2.05, 4.69) is 0 Å². The Hall–Kier alpha value is -1.80. The second kappa shape index (κ2) is 6.13. The number of rotatable bonds is 5. The lowest BCUT2D eigenvalue weighted by atomic mass is 10.00. The minimum absolute atomic E-state index is 0.0556. The van der Waals surface area contributed by atoms with Crippen molar-refractivity contribution in [1.29, 1.82) is 0 Å². The molecule has 6 nitrogen and oxygen atoms in total. The predicted octanol–water partition coefficient (Wildman–Crippen LogP) is 1.95. The SMILES string of the molecule is NC[C@@]1(CO)[C@@H](c2ccc3c(c2)OCO3)[C@@H]1S(=O)(=O)c1ccc(Cl)cc1. The van der Waals surface area contributed by atoms with E-state index < -0.39 is 26.4 Å². The number of hydrogen-bond acceptors (Lipinski definition) is 6. The summed E-state index contributed by atoms with van der Waals surface area (Å²) < 4.78 is 37.1. The number of ether oxygens (including phenoxy) is 2. The normalized spacial score (nSPS) is 26.7. The molecule has 26 heavy (non-hydrogen) atoms. The van der Waals surface area contributed by atoms with Crippen molar-refractivity contribution in [3.05, 3.63) is 53.1 Å². The molecule has 2 aromatic rings. The van der Waals surface area contributed by atoms with Crippen molar-refractivity contribution in [2.24, 2.45) is 11.1 Å². The van der Waals surface area contributed by atoms with E-state index in [1.54, 1.807) is 18.2 Å². The van der Waals surface area contributed by atoms with E-state index in [9.17, 15) is 13.5 Å². The molecule has 1 heterocycles. The lowest BCUT2D eigenvalue weighted by Crippen LogP contribution is -2.27. The summed E-state index contributed by atoms with van der Waals surface area (Å²) >= 11 is 5.87. The van der Waals surface area contributed by atoms with Gasteiger partial charge in [0.05, 0.1) is 16.8 Å². The monoisotopic (exact) mass is 395 g/mol. The molecule has 8 heteroatoms. The van der Waals surface area contributed by atoms with Gasteiger partial charge in [0, 0.05) is 22.9 Å². The molecule has 2 aliphatic rings. The van der Waals surface area contributed by atoms with E-state index in [1.165, 1.54) is 24.3 Å². The van der Waals surface area contributed by atoms with E-state index in [1.807, 2.05) is 0 Å². The van der Waals surface area contributed by atoms with Crippen molar-refractivity contribution in [3.8, 4) is 11.5 Å². The Balaban J connectivity index is 1.76. The third-order valence-electron chi connectivity index (χ3n) is 5.29. The largest absolute Gasteiger partial charge is 0.454 e. The van der Waals surface area contributed by atoms with Gasteiger partial charge in [-0.2, -0.15) is 0 Å². The lowest BCUT2D eigenvalue weighted by molar-refractivity contribution is 0.174. The third-order valence-corrected chi connectivity index (χ3v) is 7.88. The van der Waals surface area contributed by atoms with Crippen molar-refractivity contribution >= 4 is 21.4 Å².